The molecule has 0 aliphatic heterocycles. The summed E-state index contributed by atoms with van der Waals surface area (Å²) in [5.41, 5.74) is 7.77. The Hall–Kier alpha value is -1.76. The van der Waals surface area contributed by atoms with Crippen molar-refractivity contribution in [3.05, 3.63) is 23.0 Å². The Labute approximate surface area is 89.3 Å². The summed E-state index contributed by atoms with van der Waals surface area (Å²) in [6.07, 6.45) is 1.04. The van der Waals surface area contributed by atoms with Crippen molar-refractivity contribution in [3.8, 4) is 6.07 Å². The van der Waals surface area contributed by atoms with Gasteiger partial charge < -0.3 is 10.3 Å². The summed E-state index contributed by atoms with van der Waals surface area (Å²) in [5, 5.41) is 8.96. The van der Waals surface area contributed by atoms with Crippen LogP contribution < -0.4 is 5.73 Å². The molecule has 4 heteroatoms. The van der Waals surface area contributed by atoms with Gasteiger partial charge in [-0.1, -0.05) is 0 Å². The third-order valence-electron chi connectivity index (χ3n) is 2.41. The molecule has 2 N–H and O–H groups in total. The fourth-order valence-corrected chi connectivity index (χ4v) is 1.70. The van der Waals surface area contributed by atoms with E-state index in [9.17, 15) is 4.79 Å². The quantitative estimate of drug-likeness (QED) is 0.803. The maximum absolute atomic E-state index is 10.6. The van der Waals surface area contributed by atoms with Crippen LogP contribution in [-0.2, 0) is 11.3 Å². The summed E-state index contributed by atoms with van der Waals surface area (Å²) in [6, 6.07) is 4.14. The predicted molar refractivity (Wildman–Crippen MR) is 57.0 cm³/mol. The van der Waals surface area contributed by atoms with Crippen LogP contribution in [-0.4, -0.2) is 10.5 Å². The first-order valence-corrected chi connectivity index (χ1v) is 4.91. The van der Waals surface area contributed by atoms with Crippen molar-refractivity contribution in [3.63, 3.8) is 0 Å². The zero-order valence-electron chi connectivity index (χ0n) is 9.08. The average molecular weight is 205 g/mol. The molecule has 1 rings (SSSR count). The molecule has 1 heterocycles. The number of nitrogens with zero attached hydrogens (tertiary/aromatic N) is 2. The minimum absolute atomic E-state index is 0.296. The lowest BCUT2D eigenvalue weighted by Gasteiger charge is -2.06. The van der Waals surface area contributed by atoms with E-state index in [-0.39, 0.29) is 5.91 Å². The van der Waals surface area contributed by atoms with E-state index in [1.165, 1.54) is 0 Å². The zero-order chi connectivity index (χ0) is 11.4. The number of nitriles is 1. The van der Waals surface area contributed by atoms with Gasteiger partial charge in [0.15, 0.2) is 0 Å². The SMILES string of the molecule is Cc1cc(C)n(CCCC(N)=O)c1C#N. The first-order valence-electron chi connectivity index (χ1n) is 4.91. The zero-order valence-corrected chi connectivity index (χ0v) is 9.08. The molecule has 80 valence electrons. The predicted octanol–water partition coefficient (Wildman–Crippen LogP) is 1.24. The molecule has 0 unspecified atom stereocenters. The number of carbonyl (C=O) groups excluding carboxylic acids is 1. The monoisotopic (exact) mass is 205 g/mol. The Bertz CT molecular complexity index is 412. The molecule has 0 saturated carbocycles. The van der Waals surface area contributed by atoms with Gasteiger partial charge in [-0.15, -0.1) is 0 Å². The highest BCUT2D eigenvalue weighted by atomic mass is 16.1. The molecule has 1 amide bonds. The molecule has 4 nitrogen and oxygen atoms in total. The summed E-state index contributed by atoms with van der Waals surface area (Å²) >= 11 is 0. The van der Waals surface area contributed by atoms with Crippen LogP contribution >= 0.6 is 0 Å². The normalized spacial score (nSPS) is 9.93. The third kappa shape index (κ3) is 2.59. The molecule has 0 aliphatic carbocycles. The number of nitrogens with two attached hydrogens (primary N) is 1. The first kappa shape index (κ1) is 11.3. The van der Waals surface area contributed by atoms with Crippen molar-refractivity contribution in [2.24, 2.45) is 5.73 Å². The number of rotatable bonds is 4. The third-order valence-corrected chi connectivity index (χ3v) is 2.41. The standard InChI is InChI=1S/C11H15N3O/c1-8-6-9(2)14(10(8)7-12)5-3-4-11(13)15/h6H,3-5H2,1-2H3,(H2,13,15). The van der Waals surface area contributed by atoms with Crippen molar-refractivity contribution in [1.82, 2.24) is 4.57 Å². The van der Waals surface area contributed by atoms with E-state index in [1.807, 2.05) is 24.5 Å². The van der Waals surface area contributed by atoms with Crippen molar-refractivity contribution in [2.75, 3.05) is 0 Å². The molecule has 15 heavy (non-hydrogen) atoms. The van der Waals surface area contributed by atoms with Crippen LogP contribution in [0.4, 0.5) is 0 Å². The smallest absolute Gasteiger partial charge is 0.217 e. The molecule has 0 radical (unpaired) electrons. The molecular formula is C11H15N3O. The molecule has 0 saturated heterocycles. The van der Waals surface area contributed by atoms with Crippen molar-refractivity contribution >= 4 is 5.91 Å². The molecule has 0 spiro atoms. The second-order valence-electron chi connectivity index (χ2n) is 3.65. The van der Waals surface area contributed by atoms with Gasteiger partial charge in [-0.2, -0.15) is 5.26 Å². The number of carbonyl (C=O) groups is 1. The van der Waals surface area contributed by atoms with Crippen LogP contribution in [0, 0.1) is 25.2 Å². The van der Waals surface area contributed by atoms with E-state index < -0.39 is 0 Å². The van der Waals surface area contributed by atoms with E-state index >= 15 is 0 Å². The number of primary amides is 1. The van der Waals surface area contributed by atoms with E-state index in [4.69, 9.17) is 11.0 Å². The highest BCUT2D eigenvalue weighted by Gasteiger charge is 2.08. The van der Waals surface area contributed by atoms with Gasteiger partial charge in [0.1, 0.15) is 11.8 Å². The summed E-state index contributed by atoms with van der Waals surface area (Å²) in [5.74, 6) is -0.296. The van der Waals surface area contributed by atoms with Crippen LogP contribution in [0.25, 0.3) is 0 Å². The Morgan fingerprint density at radius 1 is 1.60 bits per heavy atom. The van der Waals surface area contributed by atoms with E-state index in [0.29, 0.717) is 25.1 Å². The second kappa shape index (κ2) is 4.65. The molecule has 0 atom stereocenters. The van der Waals surface area contributed by atoms with Gasteiger partial charge in [-0.3, -0.25) is 4.79 Å². The van der Waals surface area contributed by atoms with Crippen LogP contribution in [0.1, 0.15) is 29.8 Å². The topological polar surface area (TPSA) is 71.8 Å². The largest absolute Gasteiger partial charge is 0.370 e. The van der Waals surface area contributed by atoms with Crippen LogP contribution in [0.3, 0.4) is 0 Å². The Morgan fingerprint density at radius 2 is 2.27 bits per heavy atom. The van der Waals surface area contributed by atoms with Crippen LogP contribution in [0.5, 0.6) is 0 Å². The minimum Gasteiger partial charge on any atom is -0.370 e. The van der Waals surface area contributed by atoms with Gasteiger partial charge >= 0.3 is 0 Å². The number of hydrogen-bond acceptors (Lipinski definition) is 2. The lowest BCUT2D eigenvalue weighted by atomic mass is 10.2. The van der Waals surface area contributed by atoms with Crippen molar-refractivity contribution in [1.29, 1.82) is 5.26 Å². The molecular weight excluding hydrogens is 190 g/mol. The van der Waals surface area contributed by atoms with Crippen LogP contribution in [0.15, 0.2) is 6.07 Å². The van der Waals surface area contributed by atoms with Gasteiger partial charge in [0.05, 0.1) is 0 Å². The number of hydrogen-bond donors (Lipinski definition) is 1. The van der Waals surface area contributed by atoms with E-state index in [2.05, 4.69) is 6.07 Å². The number of amides is 1. The fraction of sp³-hybridized carbons (Fsp3) is 0.455. The van der Waals surface area contributed by atoms with E-state index in [0.717, 1.165) is 11.3 Å². The van der Waals surface area contributed by atoms with Crippen molar-refractivity contribution < 1.29 is 4.79 Å². The first-order chi connectivity index (χ1) is 7.06. The van der Waals surface area contributed by atoms with Gasteiger partial charge in [0.25, 0.3) is 0 Å². The fourth-order valence-electron chi connectivity index (χ4n) is 1.70. The maximum atomic E-state index is 10.6. The lowest BCUT2D eigenvalue weighted by Crippen LogP contribution is -2.12. The maximum Gasteiger partial charge on any atom is 0.217 e. The van der Waals surface area contributed by atoms with Crippen LogP contribution in [0.2, 0.25) is 0 Å². The Morgan fingerprint density at radius 3 is 2.80 bits per heavy atom. The van der Waals surface area contributed by atoms with Gasteiger partial charge in [-0.25, -0.2) is 0 Å². The highest BCUT2D eigenvalue weighted by Crippen LogP contribution is 2.14. The highest BCUT2D eigenvalue weighted by molar-refractivity contribution is 5.73. The molecule has 1 aromatic rings. The summed E-state index contributed by atoms with van der Waals surface area (Å²) < 4.78 is 1.93. The molecule has 0 fully saturated rings. The number of aromatic nitrogens is 1. The Kier molecular flexibility index (Phi) is 3.51. The van der Waals surface area contributed by atoms with Gasteiger partial charge in [0, 0.05) is 18.7 Å². The summed E-state index contributed by atoms with van der Waals surface area (Å²) in [6.45, 7) is 4.54. The lowest BCUT2D eigenvalue weighted by molar-refractivity contribution is -0.118. The molecule has 0 bridgehead atoms. The van der Waals surface area contributed by atoms with Crippen molar-refractivity contribution in [2.45, 2.75) is 33.2 Å². The molecule has 0 aromatic carbocycles. The van der Waals surface area contributed by atoms with E-state index in [1.54, 1.807) is 0 Å². The molecule has 0 aliphatic rings. The van der Waals surface area contributed by atoms with Gasteiger partial charge in [0.2, 0.25) is 5.91 Å². The molecule has 1 aromatic heterocycles. The number of aryl methyl sites for hydroxylation is 2. The van der Waals surface area contributed by atoms with Gasteiger partial charge in [-0.05, 0) is 31.9 Å². The summed E-state index contributed by atoms with van der Waals surface area (Å²) in [7, 11) is 0. The second-order valence-corrected chi connectivity index (χ2v) is 3.65. The average Bonchev–Trinajstić information content (AvgIpc) is 2.41. The summed E-state index contributed by atoms with van der Waals surface area (Å²) in [4.78, 5) is 10.6. The minimum atomic E-state index is -0.296. The Balaban J connectivity index is 2.76.